The summed E-state index contributed by atoms with van der Waals surface area (Å²) in [6.45, 7) is 6.00. The van der Waals surface area contributed by atoms with E-state index < -0.39 is 0 Å². The van der Waals surface area contributed by atoms with Crippen molar-refractivity contribution in [3.05, 3.63) is 152 Å². The number of likely N-dealkylation sites (tertiary alicyclic amines) is 2. The van der Waals surface area contributed by atoms with Gasteiger partial charge in [-0.2, -0.15) is 0 Å². The summed E-state index contributed by atoms with van der Waals surface area (Å²) in [4.78, 5) is 29.2. The second-order valence-electron chi connectivity index (χ2n) is 15.6. The highest BCUT2D eigenvalue weighted by atomic mass is 16.5. The topological polar surface area (TPSA) is 131 Å². The first-order valence-electron chi connectivity index (χ1n) is 20.4. The van der Waals surface area contributed by atoms with Gasteiger partial charge in [-0.1, -0.05) is 78.9 Å². The number of aliphatic hydroxyl groups excluding tert-OH is 4. The highest BCUT2D eigenvalue weighted by molar-refractivity contribution is 6.13. The van der Waals surface area contributed by atoms with Gasteiger partial charge < -0.3 is 25.2 Å². The van der Waals surface area contributed by atoms with Crippen LogP contribution in [-0.2, 0) is 57.1 Å². The van der Waals surface area contributed by atoms with E-state index in [-0.39, 0.29) is 38.0 Å². The number of benzene rings is 4. The molecule has 0 amide bonds. The lowest BCUT2D eigenvalue weighted by molar-refractivity contribution is 0.0388. The Bertz CT molecular complexity index is 1960. The highest BCUT2D eigenvalue weighted by Crippen LogP contribution is 2.32. The lowest BCUT2D eigenvalue weighted by Crippen LogP contribution is -2.36. The molecule has 0 unspecified atom stereocenters. The number of rotatable bonds is 10. The predicted molar refractivity (Wildman–Crippen MR) is 222 cm³/mol. The third-order valence-electron chi connectivity index (χ3n) is 11.8. The van der Waals surface area contributed by atoms with Crippen molar-refractivity contribution in [3.63, 3.8) is 0 Å². The zero-order chi connectivity index (χ0) is 40.1. The Kier molecular flexibility index (Phi) is 15.5. The van der Waals surface area contributed by atoms with E-state index in [2.05, 4.69) is 70.5 Å². The molecule has 0 atom stereocenters. The largest absolute Gasteiger partial charge is 0.392 e. The molecule has 2 heterocycles. The Hall–Kier alpha value is -4.32. The van der Waals surface area contributed by atoms with Crippen LogP contribution >= 0.6 is 0 Å². The first kappa shape index (κ1) is 42.3. The van der Waals surface area contributed by atoms with Crippen molar-refractivity contribution in [1.29, 1.82) is 0 Å². The average molecular weight is 775 g/mol. The number of fused-ring (bicyclic) bond motifs is 2. The monoisotopic (exact) mass is 774 g/mol. The molecular weight excluding hydrogens is 717 g/mol. The van der Waals surface area contributed by atoms with Crippen molar-refractivity contribution in [1.82, 2.24) is 9.80 Å². The van der Waals surface area contributed by atoms with Crippen molar-refractivity contribution in [2.24, 2.45) is 5.92 Å². The van der Waals surface area contributed by atoms with Gasteiger partial charge in [0.2, 0.25) is 0 Å². The van der Waals surface area contributed by atoms with Crippen LogP contribution in [0.1, 0.15) is 97.3 Å². The normalized spacial score (nSPS) is 18.2. The number of hydrogen-bond acceptors (Lipinski definition) is 9. The number of ether oxygens (including phenoxy) is 1. The maximum Gasteiger partial charge on any atom is 0.189 e. The van der Waals surface area contributed by atoms with E-state index in [0.29, 0.717) is 52.7 Å². The number of aryl methyl sites for hydroxylation is 1. The van der Waals surface area contributed by atoms with Crippen molar-refractivity contribution in [2.45, 2.75) is 90.6 Å². The smallest absolute Gasteiger partial charge is 0.189 e. The number of Topliss-reactive ketones (excluding diaryl/α,β-unsaturated/α-hetero) is 2. The minimum atomic E-state index is -0.157. The van der Waals surface area contributed by atoms with Crippen molar-refractivity contribution in [2.75, 3.05) is 33.3 Å². The summed E-state index contributed by atoms with van der Waals surface area (Å²) in [6.07, 6.45) is 9.09. The molecule has 4 aromatic rings. The van der Waals surface area contributed by atoms with Gasteiger partial charge in [-0.05, 0) is 108 Å². The van der Waals surface area contributed by atoms with Gasteiger partial charge in [0.05, 0.1) is 32.5 Å². The van der Waals surface area contributed by atoms with Gasteiger partial charge in [-0.15, -0.1) is 0 Å². The molecule has 2 fully saturated rings. The molecule has 8 rings (SSSR count). The first-order chi connectivity index (χ1) is 27.8. The van der Waals surface area contributed by atoms with Crippen LogP contribution in [0.2, 0.25) is 0 Å². The first-order valence-corrected chi connectivity index (χ1v) is 20.4. The standard InChI is InChI=1S/C24H27NO3.C13H19NO.C11H12O3/c26-15-21-12-19-11-20(24(28)23(19)13-22(21)16-27)10-17-6-8-25(9-7-17)14-18-4-2-1-3-5-18;1-15-13-7-9-14(10-8-13)11-12-5-3-2-4-6-12;12-5-8-3-7-1-2-11(14)10(7)4-9(8)6-13/h1-5,10,12-13,17,26-27H,6-9,11,14-16H2;2-6,13H,7-11H2,1H3;3-4,12-13H,1-2,5-6H2. The Labute approximate surface area is 337 Å². The van der Waals surface area contributed by atoms with E-state index in [1.54, 1.807) is 12.1 Å². The van der Waals surface area contributed by atoms with Crippen molar-refractivity contribution < 1.29 is 34.8 Å². The summed E-state index contributed by atoms with van der Waals surface area (Å²) in [6, 6.07) is 28.4. The third-order valence-corrected chi connectivity index (χ3v) is 11.8. The Morgan fingerprint density at radius 3 is 1.60 bits per heavy atom. The fraction of sp³-hybridized carbons (Fsp3) is 0.417. The van der Waals surface area contributed by atoms with Crippen molar-refractivity contribution in [3.8, 4) is 0 Å². The number of nitrogens with zero attached hydrogens (tertiary/aromatic N) is 2. The van der Waals surface area contributed by atoms with E-state index >= 15 is 0 Å². The average Bonchev–Trinajstić information content (AvgIpc) is 3.78. The summed E-state index contributed by atoms with van der Waals surface area (Å²) < 4.78 is 5.36. The van der Waals surface area contributed by atoms with E-state index in [1.807, 2.05) is 25.3 Å². The lowest BCUT2D eigenvalue weighted by Gasteiger charge is -2.31. The molecule has 0 aromatic heterocycles. The number of carbonyl (C=O) groups excluding carboxylic acids is 2. The fourth-order valence-corrected chi connectivity index (χ4v) is 8.42. The molecule has 0 radical (unpaired) electrons. The predicted octanol–water partition coefficient (Wildman–Crippen LogP) is 6.35. The van der Waals surface area contributed by atoms with E-state index in [9.17, 15) is 19.8 Å². The van der Waals surface area contributed by atoms with Crippen LogP contribution in [0.4, 0.5) is 0 Å². The molecule has 9 heteroatoms. The van der Waals surface area contributed by atoms with Gasteiger partial charge in [0.1, 0.15) is 0 Å². The lowest BCUT2D eigenvalue weighted by atomic mass is 9.93. The molecule has 4 aliphatic rings. The molecule has 4 N–H and O–H groups in total. The minimum Gasteiger partial charge on any atom is -0.392 e. The summed E-state index contributed by atoms with van der Waals surface area (Å²) >= 11 is 0. The van der Waals surface area contributed by atoms with Crippen molar-refractivity contribution >= 4 is 11.6 Å². The van der Waals surface area contributed by atoms with Crippen LogP contribution in [0.25, 0.3) is 0 Å². The van der Waals surface area contributed by atoms with Gasteiger partial charge in [-0.3, -0.25) is 19.4 Å². The molecular formula is C48H58N2O7. The number of methoxy groups -OCH3 is 1. The van der Waals surface area contributed by atoms with Crippen LogP contribution in [0, 0.1) is 5.92 Å². The Balaban J connectivity index is 0.000000159. The summed E-state index contributed by atoms with van der Waals surface area (Å²) in [5.74, 6) is 0.662. The van der Waals surface area contributed by atoms with Crippen LogP contribution < -0.4 is 0 Å². The molecule has 2 saturated heterocycles. The minimum absolute atomic E-state index is 0.0842. The molecule has 2 aliphatic carbocycles. The SMILES string of the molecule is COC1CCN(Cc2ccccc2)CC1.O=C1C(=CC2CCN(Cc3ccccc3)CC2)Cc2cc(CO)c(CO)cc21.O=C1CCc2cc(CO)c(CO)cc21. The molecule has 9 nitrogen and oxygen atoms in total. The Morgan fingerprint density at radius 1 is 0.614 bits per heavy atom. The van der Waals surface area contributed by atoms with E-state index in [0.717, 1.165) is 80.8 Å². The molecule has 0 spiro atoms. The van der Waals surface area contributed by atoms with Gasteiger partial charge in [0, 0.05) is 62.8 Å². The molecule has 302 valence electrons. The number of allylic oxidation sites excluding steroid dienone is 2. The quantitative estimate of drug-likeness (QED) is 0.136. The van der Waals surface area contributed by atoms with Crippen LogP contribution in [0.3, 0.4) is 0 Å². The second kappa shape index (κ2) is 20.9. The Morgan fingerprint density at radius 2 is 1.09 bits per heavy atom. The molecule has 0 bridgehead atoms. The van der Waals surface area contributed by atoms with Crippen LogP contribution in [0.15, 0.2) is 96.6 Å². The summed E-state index contributed by atoms with van der Waals surface area (Å²) in [5, 5.41) is 37.1. The molecule has 2 aliphatic heterocycles. The van der Waals surface area contributed by atoms with E-state index in [1.165, 1.54) is 24.0 Å². The van der Waals surface area contributed by atoms with Crippen LogP contribution in [0.5, 0.6) is 0 Å². The second-order valence-corrected chi connectivity index (χ2v) is 15.6. The number of carbonyl (C=O) groups is 2. The van der Waals surface area contributed by atoms with Gasteiger partial charge in [-0.25, -0.2) is 0 Å². The summed E-state index contributed by atoms with van der Waals surface area (Å²) in [7, 11) is 1.82. The number of ketones is 2. The number of hydrogen-bond donors (Lipinski definition) is 4. The number of aliphatic hydroxyl groups is 4. The van der Waals surface area contributed by atoms with E-state index in [4.69, 9.17) is 14.9 Å². The summed E-state index contributed by atoms with van der Waals surface area (Å²) in [5.41, 5.74) is 9.73. The maximum absolute atomic E-state index is 12.8. The zero-order valence-corrected chi connectivity index (χ0v) is 33.2. The third kappa shape index (κ3) is 11.2. The maximum atomic E-state index is 12.8. The van der Waals surface area contributed by atoms with Gasteiger partial charge in [0.25, 0.3) is 0 Å². The molecule has 0 saturated carbocycles. The van der Waals surface area contributed by atoms with Gasteiger partial charge in [0.15, 0.2) is 11.6 Å². The number of piperidine rings is 2. The van der Waals surface area contributed by atoms with Crippen LogP contribution in [-0.4, -0.2) is 81.2 Å². The molecule has 57 heavy (non-hydrogen) atoms. The van der Waals surface area contributed by atoms with Gasteiger partial charge >= 0.3 is 0 Å². The molecule has 4 aromatic carbocycles. The fourth-order valence-electron chi connectivity index (χ4n) is 8.42. The zero-order valence-electron chi connectivity index (χ0n) is 33.2. The highest BCUT2D eigenvalue weighted by Gasteiger charge is 2.28.